The lowest BCUT2D eigenvalue weighted by molar-refractivity contribution is 1.02. The Morgan fingerprint density at radius 3 is 2.65 bits per heavy atom. The first kappa shape index (κ1) is 13.4. The summed E-state index contributed by atoms with van der Waals surface area (Å²) >= 11 is 0. The smallest absolute Gasteiger partial charge is 0.0702 e. The third-order valence-corrected chi connectivity index (χ3v) is 2.16. The molecule has 17 heavy (non-hydrogen) atoms. The number of aromatic nitrogens is 1. The molecule has 0 saturated carbocycles. The standard InChI is InChI=1S/C13H13N.C2H7N/c1-2-3-6-11-9-12-7-4-5-8-13(12)14-10-11;1-3-2/h3-10H,2H2,1H3;3H,1-2H3/b6-3+;. The molecule has 0 aliphatic carbocycles. The van der Waals surface area contributed by atoms with Crippen LogP contribution in [-0.4, -0.2) is 19.1 Å². The summed E-state index contributed by atoms with van der Waals surface area (Å²) in [5.74, 6) is 0. The number of hydrogen-bond acceptors (Lipinski definition) is 2. The number of rotatable bonds is 2. The van der Waals surface area contributed by atoms with Gasteiger partial charge in [0.2, 0.25) is 0 Å². The fourth-order valence-corrected chi connectivity index (χ4v) is 1.43. The molecule has 0 saturated heterocycles. The molecule has 0 spiro atoms. The molecule has 2 heteroatoms. The van der Waals surface area contributed by atoms with E-state index in [1.54, 1.807) is 0 Å². The van der Waals surface area contributed by atoms with Crippen molar-refractivity contribution >= 4 is 17.0 Å². The summed E-state index contributed by atoms with van der Waals surface area (Å²) in [5, 5.41) is 3.95. The second-order valence-electron chi connectivity index (χ2n) is 3.77. The largest absolute Gasteiger partial charge is 0.323 e. The topological polar surface area (TPSA) is 24.9 Å². The molecule has 1 N–H and O–H groups in total. The van der Waals surface area contributed by atoms with E-state index in [2.05, 4.69) is 41.5 Å². The lowest BCUT2D eigenvalue weighted by Gasteiger charge is -1.97. The second kappa shape index (κ2) is 7.58. The van der Waals surface area contributed by atoms with Crippen molar-refractivity contribution in [1.29, 1.82) is 0 Å². The first-order valence-corrected chi connectivity index (χ1v) is 5.91. The third-order valence-electron chi connectivity index (χ3n) is 2.16. The van der Waals surface area contributed by atoms with Crippen LogP contribution in [-0.2, 0) is 0 Å². The van der Waals surface area contributed by atoms with E-state index in [0.29, 0.717) is 0 Å². The minimum Gasteiger partial charge on any atom is -0.323 e. The van der Waals surface area contributed by atoms with Crippen molar-refractivity contribution in [3.05, 3.63) is 48.2 Å². The number of hydrogen-bond donors (Lipinski definition) is 1. The maximum Gasteiger partial charge on any atom is 0.0702 e. The van der Waals surface area contributed by atoms with Crippen molar-refractivity contribution < 1.29 is 0 Å². The highest BCUT2D eigenvalue weighted by Gasteiger charge is 1.93. The van der Waals surface area contributed by atoms with Crippen molar-refractivity contribution in [1.82, 2.24) is 10.3 Å². The van der Waals surface area contributed by atoms with E-state index in [0.717, 1.165) is 11.9 Å². The third kappa shape index (κ3) is 4.37. The van der Waals surface area contributed by atoms with Crippen molar-refractivity contribution in [2.75, 3.05) is 14.1 Å². The van der Waals surface area contributed by atoms with Gasteiger partial charge in [-0.15, -0.1) is 0 Å². The van der Waals surface area contributed by atoms with E-state index >= 15 is 0 Å². The maximum atomic E-state index is 4.38. The molecule has 1 aromatic carbocycles. The van der Waals surface area contributed by atoms with E-state index in [1.807, 2.05) is 38.5 Å². The number of allylic oxidation sites excluding steroid dienone is 1. The van der Waals surface area contributed by atoms with Crippen molar-refractivity contribution in [2.45, 2.75) is 13.3 Å². The maximum absolute atomic E-state index is 4.38. The predicted octanol–water partition coefficient (Wildman–Crippen LogP) is 3.49. The molecule has 0 aliphatic heterocycles. The van der Waals surface area contributed by atoms with Gasteiger partial charge in [0.05, 0.1) is 5.52 Å². The molecule has 0 aliphatic rings. The number of pyridine rings is 1. The lowest BCUT2D eigenvalue weighted by Crippen LogP contribution is -1.89. The van der Waals surface area contributed by atoms with Crippen LogP contribution in [0.1, 0.15) is 18.9 Å². The van der Waals surface area contributed by atoms with Gasteiger partial charge in [-0.3, -0.25) is 4.98 Å². The van der Waals surface area contributed by atoms with Gasteiger partial charge in [-0.2, -0.15) is 0 Å². The first-order valence-electron chi connectivity index (χ1n) is 5.91. The average molecular weight is 228 g/mol. The summed E-state index contributed by atoms with van der Waals surface area (Å²) in [6, 6.07) is 10.3. The van der Waals surface area contributed by atoms with Crippen molar-refractivity contribution in [3.63, 3.8) is 0 Å². The van der Waals surface area contributed by atoms with Crippen LogP contribution < -0.4 is 5.32 Å². The van der Waals surface area contributed by atoms with E-state index in [1.165, 1.54) is 10.9 Å². The van der Waals surface area contributed by atoms with Crippen LogP contribution in [0, 0.1) is 0 Å². The summed E-state index contributed by atoms with van der Waals surface area (Å²) < 4.78 is 0. The molecule has 0 fully saturated rings. The summed E-state index contributed by atoms with van der Waals surface area (Å²) in [4.78, 5) is 4.38. The van der Waals surface area contributed by atoms with E-state index in [4.69, 9.17) is 0 Å². The summed E-state index contributed by atoms with van der Waals surface area (Å²) in [6.45, 7) is 2.13. The summed E-state index contributed by atoms with van der Waals surface area (Å²) in [7, 11) is 3.75. The average Bonchev–Trinajstić information content (AvgIpc) is 2.37. The van der Waals surface area contributed by atoms with Gasteiger partial charge in [0.1, 0.15) is 0 Å². The molecule has 2 nitrogen and oxygen atoms in total. The Hall–Kier alpha value is -1.67. The zero-order valence-corrected chi connectivity index (χ0v) is 10.8. The molecule has 0 radical (unpaired) electrons. The zero-order chi connectivity index (χ0) is 12.5. The number of para-hydroxylation sites is 1. The Bertz CT molecular complexity index is 475. The monoisotopic (exact) mass is 228 g/mol. The van der Waals surface area contributed by atoms with Crippen LogP contribution in [0.2, 0.25) is 0 Å². The van der Waals surface area contributed by atoms with Gasteiger partial charge in [-0.05, 0) is 38.2 Å². The SMILES string of the molecule is CC/C=C/c1cnc2ccccc2c1.CNC. The molecule has 0 atom stereocenters. The highest BCUT2D eigenvalue weighted by Crippen LogP contribution is 2.13. The predicted molar refractivity (Wildman–Crippen MR) is 76.1 cm³/mol. The van der Waals surface area contributed by atoms with Crippen molar-refractivity contribution in [3.8, 4) is 0 Å². The van der Waals surface area contributed by atoms with Gasteiger partial charge in [0.15, 0.2) is 0 Å². The van der Waals surface area contributed by atoms with Gasteiger partial charge in [-0.1, -0.05) is 37.3 Å². The molecule has 1 aromatic heterocycles. The molecular weight excluding hydrogens is 208 g/mol. The van der Waals surface area contributed by atoms with Crippen LogP contribution >= 0.6 is 0 Å². The first-order chi connectivity index (χ1) is 8.31. The Kier molecular flexibility index (Phi) is 5.97. The van der Waals surface area contributed by atoms with Crippen LogP contribution in [0.5, 0.6) is 0 Å². The minimum atomic E-state index is 1.06. The Balaban J connectivity index is 0.000000437. The number of benzene rings is 1. The van der Waals surface area contributed by atoms with Crippen molar-refractivity contribution in [2.24, 2.45) is 0 Å². The van der Waals surface area contributed by atoms with Crippen LogP contribution in [0.3, 0.4) is 0 Å². The Labute approximate surface area is 103 Å². The summed E-state index contributed by atoms with van der Waals surface area (Å²) in [6.07, 6.45) is 7.23. The van der Waals surface area contributed by atoms with Gasteiger partial charge in [0.25, 0.3) is 0 Å². The van der Waals surface area contributed by atoms with E-state index in [9.17, 15) is 0 Å². The van der Waals surface area contributed by atoms with Gasteiger partial charge in [-0.25, -0.2) is 0 Å². The number of fused-ring (bicyclic) bond motifs is 1. The normalized spacial score (nSPS) is 10.3. The zero-order valence-electron chi connectivity index (χ0n) is 10.8. The minimum absolute atomic E-state index is 1.06. The van der Waals surface area contributed by atoms with Gasteiger partial charge < -0.3 is 5.32 Å². The van der Waals surface area contributed by atoms with Gasteiger partial charge in [0, 0.05) is 11.6 Å². The summed E-state index contributed by atoms with van der Waals surface area (Å²) in [5.41, 5.74) is 2.23. The molecule has 90 valence electrons. The Morgan fingerprint density at radius 1 is 1.24 bits per heavy atom. The van der Waals surface area contributed by atoms with Crippen LogP contribution in [0.25, 0.3) is 17.0 Å². The van der Waals surface area contributed by atoms with E-state index in [-0.39, 0.29) is 0 Å². The molecule has 2 aromatic rings. The van der Waals surface area contributed by atoms with Crippen LogP contribution in [0.15, 0.2) is 42.6 Å². The number of nitrogens with zero attached hydrogens (tertiary/aromatic N) is 1. The molecule has 0 unspecified atom stereocenters. The fourth-order valence-electron chi connectivity index (χ4n) is 1.43. The Morgan fingerprint density at radius 2 is 1.94 bits per heavy atom. The van der Waals surface area contributed by atoms with Gasteiger partial charge >= 0.3 is 0 Å². The molecular formula is C15H20N2. The molecule has 1 heterocycles. The van der Waals surface area contributed by atoms with Crippen LogP contribution in [0.4, 0.5) is 0 Å². The second-order valence-corrected chi connectivity index (χ2v) is 3.77. The number of nitrogens with one attached hydrogen (secondary N) is 1. The fraction of sp³-hybridized carbons (Fsp3) is 0.267. The highest BCUT2D eigenvalue weighted by molar-refractivity contribution is 5.80. The lowest BCUT2D eigenvalue weighted by atomic mass is 10.1. The molecule has 0 amide bonds. The highest BCUT2D eigenvalue weighted by atomic mass is 14.7. The molecule has 0 bridgehead atoms. The molecule has 2 rings (SSSR count). The van der Waals surface area contributed by atoms with E-state index < -0.39 is 0 Å². The quantitative estimate of drug-likeness (QED) is 0.851.